The van der Waals surface area contributed by atoms with E-state index >= 15 is 0 Å². The Labute approximate surface area is 146 Å². The summed E-state index contributed by atoms with van der Waals surface area (Å²) in [6, 6.07) is 8.52. The molecular weight excluding hydrogens is 332 g/mol. The zero-order valence-corrected chi connectivity index (χ0v) is 14.9. The molecule has 0 aliphatic heterocycles. The van der Waals surface area contributed by atoms with Gasteiger partial charge in [-0.3, -0.25) is 4.90 Å². The highest BCUT2D eigenvalue weighted by molar-refractivity contribution is 6.30. The van der Waals surface area contributed by atoms with Crippen LogP contribution in [0.4, 0.5) is 4.79 Å². The molecule has 0 unspecified atom stereocenters. The zero-order valence-electron chi connectivity index (χ0n) is 14.2. The molecular formula is C17H21ClN2O4. The van der Waals surface area contributed by atoms with Crippen molar-refractivity contribution in [3.8, 4) is 6.07 Å². The number of hydrogen-bond acceptors (Lipinski definition) is 4. The first-order valence-corrected chi connectivity index (χ1v) is 7.71. The number of nitriles is 1. The molecule has 1 aromatic carbocycles. The third kappa shape index (κ3) is 4.87. The second kappa shape index (κ2) is 7.54. The predicted octanol–water partition coefficient (Wildman–Crippen LogP) is 3.49. The van der Waals surface area contributed by atoms with Crippen LogP contribution in [0.2, 0.25) is 5.02 Å². The minimum Gasteiger partial charge on any atom is -0.479 e. The molecule has 0 aromatic heterocycles. The summed E-state index contributed by atoms with van der Waals surface area (Å²) in [6.07, 6.45) is -1.25. The molecule has 0 bridgehead atoms. The zero-order chi connectivity index (χ0) is 18.5. The third-order valence-corrected chi connectivity index (χ3v) is 3.70. The van der Waals surface area contributed by atoms with Crippen LogP contribution >= 0.6 is 11.6 Å². The molecule has 130 valence electrons. The Morgan fingerprint density at radius 2 is 2.00 bits per heavy atom. The first-order valence-electron chi connectivity index (χ1n) is 7.33. The van der Waals surface area contributed by atoms with Crippen LogP contribution in [0.3, 0.4) is 0 Å². The van der Waals surface area contributed by atoms with Crippen molar-refractivity contribution < 1.29 is 19.4 Å². The van der Waals surface area contributed by atoms with Crippen molar-refractivity contribution in [2.24, 2.45) is 0 Å². The Balaban J connectivity index is 3.25. The number of carbonyl (C=O) groups is 2. The van der Waals surface area contributed by atoms with Crippen molar-refractivity contribution in [2.75, 3.05) is 7.05 Å². The lowest BCUT2D eigenvalue weighted by molar-refractivity contribution is -0.150. The predicted molar refractivity (Wildman–Crippen MR) is 89.7 cm³/mol. The van der Waals surface area contributed by atoms with Gasteiger partial charge >= 0.3 is 12.1 Å². The van der Waals surface area contributed by atoms with E-state index < -0.39 is 23.2 Å². The lowest BCUT2D eigenvalue weighted by atomic mass is 9.86. The Hall–Kier alpha value is -2.26. The van der Waals surface area contributed by atoms with Gasteiger partial charge in [-0.2, -0.15) is 5.26 Å². The number of nitrogens with zero attached hydrogens (tertiary/aromatic N) is 2. The fourth-order valence-corrected chi connectivity index (χ4v) is 2.43. The number of carboxylic acid groups (broad SMARTS) is 1. The van der Waals surface area contributed by atoms with Crippen molar-refractivity contribution in [3.05, 3.63) is 34.9 Å². The van der Waals surface area contributed by atoms with Gasteiger partial charge in [0.1, 0.15) is 5.60 Å². The Morgan fingerprint density at radius 1 is 1.38 bits per heavy atom. The van der Waals surface area contributed by atoms with Gasteiger partial charge in [0.05, 0.1) is 12.5 Å². The quantitative estimate of drug-likeness (QED) is 0.875. The van der Waals surface area contributed by atoms with Gasteiger partial charge in [0.15, 0.2) is 5.54 Å². The van der Waals surface area contributed by atoms with E-state index in [-0.39, 0.29) is 12.8 Å². The summed E-state index contributed by atoms with van der Waals surface area (Å²) in [6.45, 7) is 5.05. The molecule has 1 aromatic rings. The maximum Gasteiger partial charge on any atom is 0.411 e. The summed E-state index contributed by atoms with van der Waals surface area (Å²) < 4.78 is 5.25. The van der Waals surface area contributed by atoms with Crippen molar-refractivity contribution in [1.82, 2.24) is 4.90 Å². The van der Waals surface area contributed by atoms with E-state index in [0.717, 1.165) is 4.90 Å². The van der Waals surface area contributed by atoms with Crippen molar-refractivity contribution in [2.45, 2.75) is 44.8 Å². The largest absolute Gasteiger partial charge is 0.479 e. The van der Waals surface area contributed by atoms with Crippen molar-refractivity contribution >= 4 is 23.7 Å². The first-order chi connectivity index (χ1) is 11.0. The highest BCUT2D eigenvalue weighted by Gasteiger charge is 2.46. The molecule has 0 heterocycles. The molecule has 0 radical (unpaired) electrons. The van der Waals surface area contributed by atoms with Crippen LogP contribution in [0.25, 0.3) is 0 Å². The summed E-state index contributed by atoms with van der Waals surface area (Å²) >= 11 is 5.94. The van der Waals surface area contributed by atoms with Crippen LogP contribution < -0.4 is 0 Å². The number of carbonyl (C=O) groups excluding carboxylic acids is 1. The SMILES string of the molecule is CN(C(=O)OC(C)(C)C)[C@](CC#N)(Cc1cccc(Cl)c1)C(=O)O. The Morgan fingerprint density at radius 3 is 2.46 bits per heavy atom. The van der Waals surface area contributed by atoms with E-state index in [4.69, 9.17) is 21.6 Å². The molecule has 0 aliphatic carbocycles. The summed E-state index contributed by atoms with van der Waals surface area (Å²) in [4.78, 5) is 25.3. The minimum absolute atomic E-state index is 0.0633. The minimum atomic E-state index is -1.75. The first kappa shape index (κ1) is 19.8. The molecule has 0 spiro atoms. The molecule has 1 atom stereocenters. The number of hydrogen-bond donors (Lipinski definition) is 1. The van der Waals surface area contributed by atoms with E-state index in [9.17, 15) is 14.7 Å². The number of aliphatic carboxylic acids is 1. The third-order valence-electron chi connectivity index (χ3n) is 3.46. The van der Waals surface area contributed by atoms with Gasteiger partial charge < -0.3 is 9.84 Å². The van der Waals surface area contributed by atoms with Gasteiger partial charge in [0.25, 0.3) is 0 Å². The van der Waals surface area contributed by atoms with Crippen LogP contribution in [0, 0.1) is 11.3 Å². The molecule has 0 aliphatic rings. The lowest BCUT2D eigenvalue weighted by Gasteiger charge is -2.37. The Bertz CT molecular complexity index is 663. The van der Waals surface area contributed by atoms with Crippen LogP contribution in [-0.4, -0.2) is 40.3 Å². The van der Waals surface area contributed by atoms with Gasteiger partial charge in [-0.15, -0.1) is 0 Å². The number of likely N-dealkylation sites (N-methyl/N-ethyl adjacent to an activating group) is 1. The fraction of sp³-hybridized carbons (Fsp3) is 0.471. The molecule has 6 nitrogen and oxygen atoms in total. The van der Waals surface area contributed by atoms with E-state index in [1.54, 1.807) is 45.0 Å². The average molecular weight is 353 g/mol. The summed E-state index contributed by atoms with van der Waals surface area (Å²) in [5.41, 5.74) is -1.92. The summed E-state index contributed by atoms with van der Waals surface area (Å²) in [5, 5.41) is 19.3. The normalized spacial score (nSPS) is 13.5. The highest BCUT2D eigenvalue weighted by atomic mass is 35.5. The second-order valence-corrected chi connectivity index (χ2v) is 6.95. The van der Waals surface area contributed by atoms with E-state index in [1.165, 1.54) is 7.05 Å². The standard InChI is InChI=1S/C17H21ClN2O4/c1-16(2,3)24-15(23)20(4)17(8-9-19,14(21)22)11-12-6-5-7-13(18)10-12/h5-7,10H,8,11H2,1-4H3,(H,21,22)/t17-/m1/s1. The van der Waals surface area contributed by atoms with Crippen molar-refractivity contribution in [1.29, 1.82) is 5.26 Å². The molecule has 0 fully saturated rings. The molecule has 0 saturated heterocycles. The molecule has 1 amide bonds. The van der Waals surface area contributed by atoms with Gasteiger partial charge in [-0.25, -0.2) is 9.59 Å². The second-order valence-electron chi connectivity index (χ2n) is 6.52. The number of carboxylic acids is 1. The average Bonchev–Trinajstić information content (AvgIpc) is 2.43. The van der Waals surface area contributed by atoms with Crippen LogP contribution in [0.5, 0.6) is 0 Å². The number of halogens is 1. The molecule has 1 N–H and O–H groups in total. The van der Waals surface area contributed by atoms with Crippen LogP contribution in [0.1, 0.15) is 32.8 Å². The highest BCUT2D eigenvalue weighted by Crippen LogP contribution is 2.27. The Kier molecular flexibility index (Phi) is 6.22. The number of benzene rings is 1. The molecule has 7 heteroatoms. The lowest BCUT2D eigenvalue weighted by Crippen LogP contribution is -2.57. The molecule has 24 heavy (non-hydrogen) atoms. The smallest absolute Gasteiger partial charge is 0.411 e. The maximum absolute atomic E-state index is 12.3. The molecule has 1 rings (SSSR count). The van der Waals surface area contributed by atoms with Crippen LogP contribution in [-0.2, 0) is 16.0 Å². The number of ether oxygens (including phenoxy) is 1. The topological polar surface area (TPSA) is 90.6 Å². The summed E-state index contributed by atoms with van der Waals surface area (Å²) in [7, 11) is 1.32. The number of amides is 1. The fourth-order valence-electron chi connectivity index (χ4n) is 2.21. The van der Waals surface area contributed by atoms with Crippen molar-refractivity contribution in [3.63, 3.8) is 0 Å². The molecule has 0 saturated carbocycles. The van der Waals surface area contributed by atoms with Gasteiger partial charge in [-0.1, -0.05) is 23.7 Å². The van der Waals surface area contributed by atoms with Crippen LogP contribution in [0.15, 0.2) is 24.3 Å². The van der Waals surface area contributed by atoms with E-state index in [0.29, 0.717) is 10.6 Å². The maximum atomic E-state index is 12.3. The van der Waals surface area contributed by atoms with E-state index in [2.05, 4.69) is 0 Å². The van der Waals surface area contributed by atoms with Gasteiger partial charge in [0.2, 0.25) is 0 Å². The van der Waals surface area contributed by atoms with E-state index in [1.807, 2.05) is 6.07 Å². The summed E-state index contributed by atoms with van der Waals surface area (Å²) in [5.74, 6) is -1.28. The van der Waals surface area contributed by atoms with Gasteiger partial charge in [-0.05, 0) is 38.5 Å². The monoisotopic (exact) mass is 352 g/mol. The number of rotatable bonds is 5. The van der Waals surface area contributed by atoms with Gasteiger partial charge in [0, 0.05) is 18.5 Å².